The van der Waals surface area contributed by atoms with Gasteiger partial charge in [-0.15, -0.1) is 5.92 Å². The monoisotopic (exact) mass is 347 g/mol. The van der Waals surface area contributed by atoms with Crippen LogP contribution in [0.5, 0.6) is 0 Å². The average Bonchev–Trinajstić information content (AvgIpc) is 2.52. The second kappa shape index (κ2) is 8.21. The zero-order valence-electron chi connectivity index (χ0n) is 16.7. The molecule has 136 valence electrons. The molecule has 2 rings (SSSR count). The molecule has 24 heavy (non-hydrogen) atoms. The third kappa shape index (κ3) is 4.97. The molecular formula is C21H37NOSi. The summed E-state index contributed by atoms with van der Waals surface area (Å²) in [5, 5.41) is 0.277. The summed E-state index contributed by atoms with van der Waals surface area (Å²) in [6, 6.07) is 0.997. The van der Waals surface area contributed by atoms with Gasteiger partial charge in [-0.25, -0.2) is 0 Å². The van der Waals surface area contributed by atoms with Gasteiger partial charge in [-0.3, -0.25) is 4.90 Å². The van der Waals surface area contributed by atoms with Crippen LogP contribution < -0.4 is 0 Å². The highest BCUT2D eigenvalue weighted by Crippen LogP contribution is 2.37. The molecule has 0 radical (unpaired) electrons. The summed E-state index contributed by atoms with van der Waals surface area (Å²) < 4.78 is 6.49. The molecule has 2 heterocycles. The fourth-order valence-electron chi connectivity index (χ4n) is 3.30. The Balaban J connectivity index is 2.07. The molecule has 0 N–H and O–H groups in total. The first-order valence-electron chi connectivity index (χ1n) is 9.82. The first-order valence-corrected chi connectivity index (χ1v) is 12.7. The van der Waals surface area contributed by atoms with E-state index in [0.717, 1.165) is 25.9 Å². The van der Waals surface area contributed by atoms with Crippen LogP contribution in [0.2, 0.25) is 18.1 Å². The van der Waals surface area contributed by atoms with Crippen LogP contribution >= 0.6 is 0 Å². The summed E-state index contributed by atoms with van der Waals surface area (Å²) in [5.74, 6) is 6.97. The van der Waals surface area contributed by atoms with Crippen LogP contribution in [0.4, 0.5) is 0 Å². The lowest BCUT2D eigenvalue weighted by Crippen LogP contribution is -2.48. The highest BCUT2D eigenvalue weighted by atomic mass is 28.4. The van der Waals surface area contributed by atoms with Gasteiger partial charge in [0.25, 0.3) is 0 Å². The van der Waals surface area contributed by atoms with Crippen molar-refractivity contribution < 1.29 is 4.43 Å². The molecule has 0 aromatic rings. The van der Waals surface area contributed by atoms with Gasteiger partial charge < -0.3 is 4.43 Å². The van der Waals surface area contributed by atoms with E-state index in [1.54, 1.807) is 0 Å². The van der Waals surface area contributed by atoms with Crippen molar-refractivity contribution in [1.82, 2.24) is 4.90 Å². The summed E-state index contributed by atoms with van der Waals surface area (Å²) in [5.41, 5.74) is 1.48. The maximum Gasteiger partial charge on any atom is 0.192 e. The highest BCUT2D eigenvalue weighted by molar-refractivity contribution is 6.74. The van der Waals surface area contributed by atoms with E-state index >= 15 is 0 Å². The van der Waals surface area contributed by atoms with E-state index in [9.17, 15) is 0 Å². The molecule has 2 nitrogen and oxygen atoms in total. The van der Waals surface area contributed by atoms with Crippen molar-refractivity contribution in [2.75, 3.05) is 13.2 Å². The molecule has 0 aromatic carbocycles. The van der Waals surface area contributed by atoms with Crippen LogP contribution in [0.1, 0.15) is 66.2 Å². The van der Waals surface area contributed by atoms with Gasteiger partial charge in [-0.05, 0) is 55.9 Å². The molecule has 2 aliphatic heterocycles. The van der Waals surface area contributed by atoms with Crippen molar-refractivity contribution in [3.05, 3.63) is 11.6 Å². The summed E-state index contributed by atoms with van der Waals surface area (Å²) in [6.45, 7) is 15.9. The summed E-state index contributed by atoms with van der Waals surface area (Å²) >= 11 is 0. The lowest BCUT2D eigenvalue weighted by Gasteiger charge is -2.43. The average molecular weight is 348 g/mol. The molecule has 0 aromatic heterocycles. The highest BCUT2D eigenvalue weighted by Gasteiger charge is 2.38. The second-order valence-electron chi connectivity index (χ2n) is 8.97. The van der Waals surface area contributed by atoms with Gasteiger partial charge in [0.2, 0.25) is 0 Å². The van der Waals surface area contributed by atoms with Crippen molar-refractivity contribution in [1.29, 1.82) is 0 Å². The van der Waals surface area contributed by atoms with Crippen LogP contribution in [0.25, 0.3) is 0 Å². The number of unbranched alkanes of at least 4 members (excludes halogenated alkanes) is 1. The van der Waals surface area contributed by atoms with E-state index in [2.05, 4.69) is 63.6 Å². The number of rotatable bonds is 4. The lowest BCUT2D eigenvalue weighted by molar-refractivity contribution is 0.134. The first-order chi connectivity index (χ1) is 11.2. The Bertz CT molecular complexity index is 506. The first kappa shape index (κ1) is 19.8. The van der Waals surface area contributed by atoms with Crippen LogP contribution in [-0.4, -0.2) is 38.5 Å². The number of hydrogen-bond donors (Lipinski definition) is 0. The molecule has 0 spiro atoms. The Kier molecular flexibility index (Phi) is 6.76. The molecule has 0 amide bonds. The zero-order valence-corrected chi connectivity index (χ0v) is 17.7. The fraction of sp³-hybridized carbons (Fsp3) is 0.810. The minimum atomic E-state index is -1.68. The van der Waals surface area contributed by atoms with Gasteiger partial charge in [0.15, 0.2) is 8.32 Å². The molecule has 0 aliphatic carbocycles. The van der Waals surface area contributed by atoms with Crippen LogP contribution in [0.15, 0.2) is 11.6 Å². The van der Waals surface area contributed by atoms with Crippen molar-refractivity contribution in [3.63, 3.8) is 0 Å². The maximum absolute atomic E-state index is 6.49. The van der Waals surface area contributed by atoms with Gasteiger partial charge in [-0.1, -0.05) is 46.1 Å². The molecule has 3 heteroatoms. The van der Waals surface area contributed by atoms with Gasteiger partial charge >= 0.3 is 0 Å². The van der Waals surface area contributed by atoms with Gasteiger partial charge in [-0.2, -0.15) is 0 Å². The van der Waals surface area contributed by atoms with Gasteiger partial charge in [0.1, 0.15) is 0 Å². The van der Waals surface area contributed by atoms with Crippen LogP contribution in [-0.2, 0) is 4.43 Å². The normalized spacial score (nSPS) is 25.5. The van der Waals surface area contributed by atoms with E-state index in [1.807, 2.05) is 0 Å². The van der Waals surface area contributed by atoms with E-state index in [4.69, 9.17) is 4.43 Å². The fourth-order valence-corrected chi connectivity index (χ4v) is 4.28. The third-order valence-corrected chi connectivity index (χ3v) is 10.4. The maximum atomic E-state index is 6.49. The number of piperidine rings is 1. The molecule has 1 fully saturated rings. The molecule has 2 aliphatic rings. The molecule has 0 bridgehead atoms. The number of hydrogen-bond acceptors (Lipinski definition) is 2. The molecule has 2 atom stereocenters. The van der Waals surface area contributed by atoms with Crippen molar-refractivity contribution in [2.24, 2.45) is 0 Å². The minimum absolute atomic E-state index is 0.277. The SMILES string of the molecule is CCCC#C[C@@H]1CC(CO[Si](C)(C)C(C)(C)C)=C[C@H]2CCCCN12. The topological polar surface area (TPSA) is 12.5 Å². The quantitative estimate of drug-likeness (QED) is 0.385. The van der Waals surface area contributed by atoms with E-state index in [1.165, 1.54) is 31.4 Å². The van der Waals surface area contributed by atoms with E-state index in [0.29, 0.717) is 12.1 Å². The third-order valence-electron chi connectivity index (χ3n) is 5.94. The van der Waals surface area contributed by atoms with Crippen molar-refractivity contribution in [3.8, 4) is 11.8 Å². The second-order valence-corrected chi connectivity index (χ2v) is 13.8. The number of nitrogens with zero attached hydrogens (tertiary/aromatic N) is 1. The van der Waals surface area contributed by atoms with Crippen molar-refractivity contribution >= 4 is 8.32 Å². The molecule has 0 saturated carbocycles. The Morgan fingerprint density at radius 1 is 1.29 bits per heavy atom. The summed E-state index contributed by atoms with van der Waals surface area (Å²) in [6.07, 6.45) is 9.71. The Morgan fingerprint density at radius 3 is 2.71 bits per heavy atom. The Labute approximate surface area is 151 Å². The van der Waals surface area contributed by atoms with E-state index < -0.39 is 8.32 Å². The predicted molar refractivity (Wildman–Crippen MR) is 107 cm³/mol. The predicted octanol–water partition coefficient (Wildman–Crippen LogP) is 5.36. The largest absolute Gasteiger partial charge is 0.413 e. The van der Waals surface area contributed by atoms with Crippen LogP contribution in [0, 0.1) is 11.8 Å². The summed E-state index contributed by atoms with van der Waals surface area (Å²) in [4.78, 5) is 2.64. The molecule has 0 unspecified atom stereocenters. The van der Waals surface area contributed by atoms with Crippen LogP contribution in [0.3, 0.4) is 0 Å². The summed E-state index contributed by atoms with van der Waals surface area (Å²) in [7, 11) is -1.68. The number of fused-ring (bicyclic) bond motifs is 1. The minimum Gasteiger partial charge on any atom is -0.413 e. The lowest BCUT2D eigenvalue weighted by atomic mass is 9.90. The Hall–Kier alpha value is -0.563. The standard InChI is InChI=1S/C21H37NOSi/c1-7-8-9-12-19-15-18(16-20-13-10-11-14-22(19)20)17-23-24(5,6)21(2,3)4/h16,19-20H,7-8,10-11,13-15,17H2,1-6H3/t19-,20-/m1/s1. The van der Waals surface area contributed by atoms with E-state index in [-0.39, 0.29) is 5.04 Å². The van der Waals surface area contributed by atoms with Gasteiger partial charge in [0, 0.05) is 12.5 Å². The smallest absolute Gasteiger partial charge is 0.192 e. The van der Waals surface area contributed by atoms with Crippen molar-refractivity contribution in [2.45, 2.75) is 96.4 Å². The molecular weight excluding hydrogens is 310 g/mol. The zero-order chi connectivity index (χ0) is 17.8. The molecule has 1 saturated heterocycles. The Morgan fingerprint density at radius 2 is 2.04 bits per heavy atom. The van der Waals surface area contributed by atoms with Gasteiger partial charge in [0.05, 0.1) is 12.6 Å².